The summed E-state index contributed by atoms with van der Waals surface area (Å²) in [5.41, 5.74) is 4.65. The van der Waals surface area contributed by atoms with E-state index in [1.54, 1.807) is 0 Å². The Morgan fingerprint density at radius 1 is 1.29 bits per heavy atom. The molecule has 0 fully saturated rings. The number of rotatable bonds is 1. The Bertz CT molecular complexity index is 57.2. The Balaban J connectivity index is 3.54. The van der Waals surface area contributed by atoms with Gasteiger partial charge in [-0.1, -0.05) is 0 Å². The molecule has 0 unspecified atom stereocenters. The topological polar surface area (TPSA) is 0 Å². The zero-order valence-corrected chi connectivity index (χ0v) is 8.96. The van der Waals surface area contributed by atoms with Crippen molar-refractivity contribution in [1.29, 1.82) is 0 Å². The zero-order chi connectivity index (χ0) is 6.08. The first-order valence-electron chi connectivity index (χ1n) is 2.31. The molecule has 0 nitrogen and oxygen atoms in total. The van der Waals surface area contributed by atoms with Crippen molar-refractivity contribution in [2.75, 3.05) is 0 Å². The van der Waals surface area contributed by atoms with Gasteiger partial charge in [0.2, 0.25) is 0 Å². The van der Waals surface area contributed by atoms with Gasteiger partial charge in [0.05, 0.1) is 0 Å². The van der Waals surface area contributed by atoms with Crippen LogP contribution in [0.4, 0.5) is 0 Å². The first-order valence-corrected chi connectivity index (χ1v) is 12.8. The van der Waals surface area contributed by atoms with Crippen molar-refractivity contribution in [3.05, 3.63) is 0 Å². The SMILES string of the molecule is C[As](C)[Si](C)(C)Cl. The average Bonchev–Trinajstić information content (AvgIpc) is 1.31. The summed E-state index contributed by atoms with van der Waals surface area (Å²) < 4.78 is 0. The molecule has 0 aromatic heterocycles. The van der Waals surface area contributed by atoms with Gasteiger partial charge in [0, 0.05) is 0 Å². The fraction of sp³-hybridized carbons (Fsp3) is 1.00. The Morgan fingerprint density at radius 2 is 1.43 bits per heavy atom. The molecular formula is C4H12AsClSi. The molecule has 0 aliphatic heterocycles. The van der Waals surface area contributed by atoms with E-state index >= 15 is 0 Å². The molecule has 0 aromatic rings. The predicted molar refractivity (Wildman–Crippen MR) is 40.8 cm³/mol. The summed E-state index contributed by atoms with van der Waals surface area (Å²) in [5, 5.41) is 0. The zero-order valence-electron chi connectivity index (χ0n) is 5.33. The summed E-state index contributed by atoms with van der Waals surface area (Å²) in [5.74, 6) is -1.12. The molecule has 7 heavy (non-hydrogen) atoms. The van der Waals surface area contributed by atoms with Gasteiger partial charge in [0.1, 0.15) is 0 Å². The second-order valence-electron chi connectivity index (χ2n) is 2.30. The Kier molecular flexibility index (Phi) is 2.96. The number of halogens is 1. The molecule has 0 bridgehead atoms. The van der Waals surface area contributed by atoms with Gasteiger partial charge < -0.3 is 0 Å². The van der Waals surface area contributed by atoms with Crippen LogP contribution in [0.3, 0.4) is 0 Å². The summed E-state index contributed by atoms with van der Waals surface area (Å²) in [4.78, 5) is 0. The molecule has 0 saturated carbocycles. The van der Waals surface area contributed by atoms with Crippen molar-refractivity contribution in [1.82, 2.24) is 0 Å². The van der Waals surface area contributed by atoms with Crippen LogP contribution in [0.2, 0.25) is 24.5 Å². The van der Waals surface area contributed by atoms with Gasteiger partial charge >= 0.3 is 55.4 Å². The van der Waals surface area contributed by atoms with Crippen LogP contribution in [0, 0.1) is 0 Å². The van der Waals surface area contributed by atoms with Crippen LogP contribution >= 0.6 is 11.1 Å². The van der Waals surface area contributed by atoms with Crippen LogP contribution in [0.1, 0.15) is 0 Å². The molecule has 3 heteroatoms. The molecule has 0 atom stereocenters. The predicted octanol–water partition coefficient (Wildman–Crippen LogP) is 2.26. The third kappa shape index (κ3) is 3.63. The molecule has 0 radical (unpaired) electrons. The summed E-state index contributed by atoms with van der Waals surface area (Å²) >= 11 is 5.56. The van der Waals surface area contributed by atoms with E-state index in [9.17, 15) is 0 Å². The fourth-order valence-electron chi connectivity index (χ4n) is 0. The van der Waals surface area contributed by atoms with Crippen molar-refractivity contribution in [2.24, 2.45) is 0 Å². The third-order valence-electron chi connectivity index (χ3n) is 1.06. The molecule has 44 valence electrons. The second-order valence-corrected chi connectivity index (χ2v) is 25.1. The first-order chi connectivity index (χ1) is 2.94. The van der Waals surface area contributed by atoms with E-state index in [-0.39, 0.29) is 0 Å². The van der Waals surface area contributed by atoms with Gasteiger partial charge in [-0.2, -0.15) is 0 Å². The molecule has 0 aliphatic rings. The van der Waals surface area contributed by atoms with Gasteiger partial charge in [-0.3, -0.25) is 0 Å². The van der Waals surface area contributed by atoms with Crippen LogP contribution < -0.4 is 0 Å². The van der Waals surface area contributed by atoms with E-state index in [0.29, 0.717) is 0 Å². The Labute approximate surface area is 55.6 Å². The fourth-order valence-corrected chi connectivity index (χ4v) is 0. The van der Waals surface area contributed by atoms with Gasteiger partial charge in [-0.05, 0) is 0 Å². The molecular weight excluding hydrogens is 187 g/mol. The van der Waals surface area contributed by atoms with Crippen LogP contribution in [0.15, 0.2) is 0 Å². The van der Waals surface area contributed by atoms with E-state index in [1.165, 1.54) is 0 Å². The first kappa shape index (κ1) is 8.07. The minimum atomic E-state index is -1.12. The van der Waals surface area contributed by atoms with Gasteiger partial charge in [0.15, 0.2) is 0 Å². The van der Waals surface area contributed by atoms with Crippen LogP contribution in [-0.2, 0) is 0 Å². The molecule has 0 aromatic carbocycles. The number of hydrogen-bond donors (Lipinski definition) is 0. The molecule has 0 N–H and O–H groups in total. The maximum atomic E-state index is 6.07. The number of hydrogen-bond acceptors (Lipinski definition) is 0. The van der Waals surface area contributed by atoms with E-state index in [2.05, 4.69) is 24.5 Å². The molecule has 0 heterocycles. The second kappa shape index (κ2) is 2.57. The summed E-state index contributed by atoms with van der Waals surface area (Å²) in [7, 11) is 0. The third-order valence-corrected chi connectivity index (χ3v) is 21.8. The van der Waals surface area contributed by atoms with Gasteiger partial charge in [-0.25, -0.2) is 0 Å². The van der Waals surface area contributed by atoms with Crippen molar-refractivity contribution in [3.8, 4) is 0 Å². The normalized spacial score (nSPS) is 12.9. The monoisotopic (exact) mass is 198 g/mol. The van der Waals surface area contributed by atoms with Crippen LogP contribution in [0.25, 0.3) is 0 Å². The Morgan fingerprint density at radius 3 is 1.43 bits per heavy atom. The summed E-state index contributed by atoms with van der Waals surface area (Å²) in [6.07, 6.45) is 0. The van der Waals surface area contributed by atoms with Crippen molar-refractivity contribution in [2.45, 2.75) is 24.5 Å². The van der Waals surface area contributed by atoms with Crippen LogP contribution in [0.5, 0.6) is 0 Å². The summed E-state index contributed by atoms with van der Waals surface area (Å²) in [6.45, 7) is 4.46. The van der Waals surface area contributed by atoms with E-state index in [1.807, 2.05) is 0 Å². The van der Waals surface area contributed by atoms with Crippen molar-refractivity contribution < 1.29 is 0 Å². The average molecular weight is 199 g/mol. The Hall–Kier alpha value is 1.07. The van der Waals surface area contributed by atoms with E-state index in [0.717, 1.165) is 0 Å². The van der Waals surface area contributed by atoms with Gasteiger partial charge in [0.25, 0.3) is 0 Å². The van der Waals surface area contributed by atoms with Gasteiger partial charge in [-0.15, -0.1) is 0 Å². The van der Waals surface area contributed by atoms with E-state index in [4.69, 9.17) is 11.1 Å². The van der Waals surface area contributed by atoms with Crippen LogP contribution in [-0.4, -0.2) is 19.8 Å². The van der Waals surface area contributed by atoms with Crippen molar-refractivity contribution in [3.63, 3.8) is 0 Å². The molecule has 0 aliphatic carbocycles. The van der Waals surface area contributed by atoms with Crippen molar-refractivity contribution >= 4 is 30.9 Å². The maximum absolute atomic E-state index is 6.07. The molecule has 0 rings (SSSR count). The van der Waals surface area contributed by atoms with E-state index < -0.39 is 19.8 Å². The molecule has 0 spiro atoms. The molecule has 0 amide bonds. The quantitative estimate of drug-likeness (QED) is 0.448. The molecule has 0 saturated heterocycles. The summed E-state index contributed by atoms with van der Waals surface area (Å²) in [6, 6.07) is 0. The standard InChI is InChI=1S/C4H12AsClSi/c1-5(2)7(3,4)6/h1-4H3. The minimum absolute atomic E-state index is 0.512.